The Hall–Kier alpha value is -2.36. The SMILES string of the molecule is Cc1ccccc1CCOc1ccc(N=CN(C)C(C)C)c(C)n1. The molecule has 24 heavy (non-hydrogen) atoms. The lowest BCUT2D eigenvalue weighted by atomic mass is 10.1. The number of rotatable bonds is 7. The average molecular weight is 325 g/mol. The number of nitrogens with zero attached hydrogens (tertiary/aromatic N) is 3. The van der Waals surface area contributed by atoms with Gasteiger partial charge in [0.15, 0.2) is 0 Å². The maximum atomic E-state index is 5.79. The molecule has 0 radical (unpaired) electrons. The Kier molecular flexibility index (Phi) is 6.36. The van der Waals surface area contributed by atoms with E-state index in [0.717, 1.165) is 17.8 Å². The van der Waals surface area contributed by atoms with Gasteiger partial charge in [0, 0.05) is 25.6 Å². The topological polar surface area (TPSA) is 37.7 Å². The zero-order valence-electron chi connectivity index (χ0n) is 15.3. The Balaban J connectivity index is 1.93. The van der Waals surface area contributed by atoms with Crippen LogP contribution in [0.3, 0.4) is 0 Å². The second kappa shape index (κ2) is 8.48. The molecular weight excluding hydrogens is 298 g/mol. The van der Waals surface area contributed by atoms with Gasteiger partial charge in [-0.2, -0.15) is 0 Å². The highest BCUT2D eigenvalue weighted by molar-refractivity contribution is 5.62. The summed E-state index contributed by atoms with van der Waals surface area (Å²) in [6, 6.07) is 12.6. The van der Waals surface area contributed by atoms with E-state index in [4.69, 9.17) is 4.74 Å². The van der Waals surface area contributed by atoms with Crippen LogP contribution in [-0.4, -0.2) is 35.9 Å². The van der Waals surface area contributed by atoms with Gasteiger partial charge < -0.3 is 9.64 Å². The van der Waals surface area contributed by atoms with Gasteiger partial charge in [-0.25, -0.2) is 9.98 Å². The molecule has 2 aromatic rings. The lowest BCUT2D eigenvalue weighted by molar-refractivity contribution is 0.309. The standard InChI is InChI=1S/C20H27N3O/c1-15(2)23(5)14-21-19-10-11-20(22-17(19)4)24-13-12-18-9-7-6-8-16(18)3/h6-11,14-15H,12-13H2,1-5H3. The molecule has 1 heterocycles. The minimum absolute atomic E-state index is 0.422. The first-order valence-corrected chi connectivity index (χ1v) is 8.38. The minimum Gasteiger partial charge on any atom is -0.477 e. The summed E-state index contributed by atoms with van der Waals surface area (Å²) in [6.07, 6.45) is 2.72. The number of hydrogen-bond acceptors (Lipinski definition) is 3. The number of ether oxygens (including phenoxy) is 1. The van der Waals surface area contributed by atoms with Crippen molar-refractivity contribution in [3.05, 3.63) is 53.2 Å². The Morgan fingerprint density at radius 2 is 1.92 bits per heavy atom. The average Bonchev–Trinajstić information content (AvgIpc) is 2.55. The van der Waals surface area contributed by atoms with Gasteiger partial charge in [0.25, 0.3) is 0 Å². The third-order valence-corrected chi connectivity index (χ3v) is 4.11. The normalized spacial score (nSPS) is 11.2. The van der Waals surface area contributed by atoms with Crippen LogP contribution in [0.5, 0.6) is 5.88 Å². The van der Waals surface area contributed by atoms with Gasteiger partial charge in [0.1, 0.15) is 0 Å². The monoisotopic (exact) mass is 325 g/mol. The zero-order chi connectivity index (χ0) is 17.5. The van der Waals surface area contributed by atoms with Crippen molar-refractivity contribution in [3.63, 3.8) is 0 Å². The second-order valence-corrected chi connectivity index (χ2v) is 6.28. The molecule has 0 fully saturated rings. The Labute approximate surface area is 145 Å². The number of benzene rings is 1. The van der Waals surface area contributed by atoms with E-state index in [-0.39, 0.29) is 0 Å². The summed E-state index contributed by atoms with van der Waals surface area (Å²) >= 11 is 0. The molecule has 0 bridgehead atoms. The summed E-state index contributed by atoms with van der Waals surface area (Å²) in [4.78, 5) is 11.0. The Bertz CT molecular complexity index is 695. The molecule has 0 atom stereocenters. The van der Waals surface area contributed by atoms with E-state index in [1.54, 1.807) is 0 Å². The van der Waals surface area contributed by atoms with Gasteiger partial charge in [0.05, 0.1) is 24.3 Å². The summed E-state index contributed by atoms with van der Waals surface area (Å²) in [5, 5.41) is 0. The van der Waals surface area contributed by atoms with Crippen LogP contribution in [0, 0.1) is 13.8 Å². The molecule has 0 N–H and O–H groups in total. The van der Waals surface area contributed by atoms with E-state index >= 15 is 0 Å². The summed E-state index contributed by atoms with van der Waals surface area (Å²) < 4.78 is 5.79. The van der Waals surface area contributed by atoms with Crippen LogP contribution in [-0.2, 0) is 6.42 Å². The Morgan fingerprint density at radius 3 is 2.58 bits per heavy atom. The highest BCUT2D eigenvalue weighted by atomic mass is 16.5. The smallest absolute Gasteiger partial charge is 0.213 e. The van der Waals surface area contributed by atoms with Gasteiger partial charge in [0.2, 0.25) is 5.88 Å². The van der Waals surface area contributed by atoms with Crippen LogP contribution in [0.4, 0.5) is 5.69 Å². The number of hydrogen-bond donors (Lipinski definition) is 0. The van der Waals surface area contributed by atoms with Crippen LogP contribution in [0.25, 0.3) is 0 Å². The van der Waals surface area contributed by atoms with Crippen LogP contribution in [0.1, 0.15) is 30.7 Å². The summed E-state index contributed by atoms with van der Waals surface area (Å²) in [5.74, 6) is 0.650. The Morgan fingerprint density at radius 1 is 1.17 bits per heavy atom. The molecule has 0 unspecified atom stereocenters. The van der Waals surface area contributed by atoms with Crippen LogP contribution < -0.4 is 4.74 Å². The van der Waals surface area contributed by atoms with Crippen LogP contribution >= 0.6 is 0 Å². The summed E-state index contributed by atoms with van der Waals surface area (Å²) in [7, 11) is 2.01. The second-order valence-electron chi connectivity index (χ2n) is 6.28. The van der Waals surface area contributed by atoms with E-state index in [1.807, 2.05) is 32.4 Å². The molecule has 0 amide bonds. The first-order valence-electron chi connectivity index (χ1n) is 8.38. The predicted molar refractivity (Wildman–Crippen MR) is 100 cm³/mol. The van der Waals surface area contributed by atoms with Crippen molar-refractivity contribution in [3.8, 4) is 5.88 Å². The number of aryl methyl sites for hydroxylation is 2. The van der Waals surface area contributed by atoms with Crippen molar-refractivity contribution < 1.29 is 4.74 Å². The highest BCUT2D eigenvalue weighted by Gasteiger charge is 2.04. The van der Waals surface area contributed by atoms with Crippen molar-refractivity contribution in [2.24, 2.45) is 4.99 Å². The summed E-state index contributed by atoms with van der Waals surface area (Å²) in [6.45, 7) is 8.95. The molecule has 0 aliphatic rings. The molecule has 1 aromatic carbocycles. The third kappa shape index (κ3) is 5.08. The van der Waals surface area contributed by atoms with Gasteiger partial charge in [-0.1, -0.05) is 24.3 Å². The first-order chi connectivity index (χ1) is 11.5. The third-order valence-electron chi connectivity index (χ3n) is 4.11. The predicted octanol–water partition coefficient (Wildman–Crippen LogP) is 4.32. The molecule has 2 rings (SSSR count). The molecule has 0 saturated carbocycles. The van der Waals surface area contributed by atoms with Crippen molar-refractivity contribution in [1.29, 1.82) is 0 Å². The van der Waals surface area contributed by atoms with E-state index < -0.39 is 0 Å². The number of aromatic nitrogens is 1. The van der Waals surface area contributed by atoms with Crippen LogP contribution in [0.2, 0.25) is 0 Å². The molecule has 0 spiro atoms. The van der Waals surface area contributed by atoms with Gasteiger partial charge in [-0.3, -0.25) is 0 Å². The van der Waals surface area contributed by atoms with E-state index in [9.17, 15) is 0 Å². The highest BCUT2D eigenvalue weighted by Crippen LogP contribution is 2.20. The molecule has 0 aliphatic carbocycles. The molecule has 4 nitrogen and oxygen atoms in total. The van der Waals surface area contributed by atoms with E-state index in [0.29, 0.717) is 18.5 Å². The maximum absolute atomic E-state index is 5.79. The first kappa shape index (κ1) is 18.0. The fraction of sp³-hybridized carbons (Fsp3) is 0.400. The van der Waals surface area contributed by atoms with Gasteiger partial charge in [-0.05, 0) is 44.9 Å². The molecule has 1 aromatic heterocycles. The zero-order valence-corrected chi connectivity index (χ0v) is 15.3. The van der Waals surface area contributed by atoms with Crippen molar-refractivity contribution in [2.45, 2.75) is 40.2 Å². The molecular formula is C20H27N3O. The summed E-state index contributed by atoms with van der Waals surface area (Å²) in [5.41, 5.74) is 4.35. The van der Waals surface area contributed by atoms with E-state index in [2.05, 4.69) is 59.9 Å². The van der Waals surface area contributed by atoms with E-state index in [1.165, 1.54) is 11.1 Å². The molecule has 4 heteroatoms. The fourth-order valence-corrected chi connectivity index (χ4v) is 2.19. The van der Waals surface area contributed by atoms with Crippen molar-refractivity contribution >= 4 is 12.0 Å². The quantitative estimate of drug-likeness (QED) is 0.562. The van der Waals surface area contributed by atoms with Gasteiger partial charge in [-0.15, -0.1) is 0 Å². The number of pyridine rings is 1. The number of aliphatic imine (C=N–C) groups is 1. The van der Waals surface area contributed by atoms with Gasteiger partial charge >= 0.3 is 0 Å². The maximum Gasteiger partial charge on any atom is 0.213 e. The molecule has 0 aliphatic heterocycles. The van der Waals surface area contributed by atoms with Crippen molar-refractivity contribution in [2.75, 3.05) is 13.7 Å². The fourth-order valence-electron chi connectivity index (χ4n) is 2.19. The molecule has 0 saturated heterocycles. The molecule has 128 valence electrons. The lowest BCUT2D eigenvalue weighted by Crippen LogP contribution is -2.24. The van der Waals surface area contributed by atoms with Crippen LogP contribution in [0.15, 0.2) is 41.4 Å². The van der Waals surface area contributed by atoms with Crippen molar-refractivity contribution in [1.82, 2.24) is 9.88 Å². The largest absolute Gasteiger partial charge is 0.477 e. The minimum atomic E-state index is 0.422. The lowest BCUT2D eigenvalue weighted by Gasteiger charge is -2.17.